The molecule has 2 aromatic heterocycles. The molecule has 0 radical (unpaired) electrons. The van der Waals surface area contributed by atoms with Gasteiger partial charge in [0, 0.05) is 36.6 Å². The van der Waals surface area contributed by atoms with Crippen LogP contribution in [-0.4, -0.2) is 34.2 Å². The molecule has 1 fully saturated rings. The molecule has 1 amide bonds. The van der Waals surface area contributed by atoms with E-state index in [1.165, 1.54) is 0 Å². The van der Waals surface area contributed by atoms with E-state index in [0.29, 0.717) is 0 Å². The first-order chi connectivity index (χ1) is 13.7. The highest BCUT2D eigenvalue weighted by Gasteiger charge is 2.26. The molecule has 28 heavy (non-hydrogen) atoms. The zero-order chi connectivity index (χ0) is 19.3. The first-order valence-corrected chi connectivity index (χ1v) is 10.4. The van der Waals surface area contributed by atoms with Crippen LogP contribution in [0.15, 0.2) is 48.8 Å². The summed E-state index contributed by atoms with van der Waals surface area (Å²) in [5.41, 5.74) is 1.91. The molecule has 3 aromatic rings. The molecule has 3 heterocycles. The fourth-order valence-electron chi connectivity index (χ4n) is 3.23. The Morgan fingerprint density at radius 2 is 1.96 bits per heavy atom. The molecular weight excluding hydrogens is 394 g/mol. The number of aromatic nitrogens is 3. The number of carbonyl (C=O) groups excluding carboxylic acids is 1. The Labute approximate surface area is 172 Å². The Bertz CT molecular complexity index is 923. The van der Waals surface area contributed by atoms with Crippen molar-refractivity contribution in [2.24, 2.45) is 5.92 Å². The molecule has 0 atom stereocenters. The second-order valence-corrected chi connectivity index (χ2v) is 8.25. The summed E-state index contributed by atoms with van der Waals surface area (Å²) < 4.78 is 0. The van der Waals surface area contributed by atoms with Gasteiger partial charge in [-0.1, -0.05) is 35.1 Å². The Balaban J connectivity index is 1.31. The van der Waals surface area contributed by atoms with Crippen molar-refractivity contribution < 1.29 is 4.79 Å². The molecule has 0 bridgehead atoms. The Morgan fingerprint density at radius 3 is 2.68 bits per heavy atom. The van der Waals surface area contributed by atoms with Gasteiger partial charge < -0.3 is 10.2 Å². The van der Waals surface area contributed by atoms with Crippen molar-refractivity contribution in [1.29, 1.82) is 0 Å². The molecule has 144 valence electrons. The van der Waals surface area contributed by atoms with E-state index >= 15 is 0 Å². The maximum absolute atomic E-state index is 12.4. The maximum atomic E-state index is 12.4. The number of carbonyl (C=O) groups is 1. The van der Waals surface area contributed by atoms with Crippen LogP contribution in [0.5, 0.6) is 0 Å². The lowest BCUT2D eigenvalue weighted by Gasteiger charge is -2.30. The van der Waals surface area contributed by atoms with Crippen LogP contribution in [0.4, 0.5) is 10.8 Å². The van der Waals surface area contributed by atoms with Crippen molar-refractivity contribution in [1.82, 2.24) is 15.2 Å². The monoisotopic (exact) mass is 413 g/mol. The zero-order valence-electron chi connectivity index (χ0n) is 15.2. The van der Waals surface area contributed by atoms with Gasteiger partial charge in [-0.25, -0.2) is 0 Å². The van der Waals surface area contributed by atoms with E-state index in [9.17, 15) is 4.79 Å². The molecule has 0 saturated carbocycles. The molecule has 1 aromatic carbocycles. The number of hydrogen-bond acceptors (Lipinski definition) is 6. The van der Waals surface area contributed by atoms with Crippen LogP contribution in [0.1, 0.15) is 23.4 Å². The van der Waals surface area contributed by atoms with Gasteiger partial charge in [-0.05, 0) is 42.7 Å². The molecule has 0 spiro atoms. The van der Waals surface area contributed by atoms with E-state index in [2.05, 4.69) is 25.4 Å². The molecule has 0 aliphatic carbocycles. The van der Waals surface area contributed by atoms with Crippen molar-refractivity contribution in [3.63, 3.8) is 0 Å². The lowest BCUT2D eigenvalue weighted by molar-refractivity contribution is -0.120. The SMILES string of the molecule is O=C(Nc1cccnc1)C1CCN(c2nnc(Cc3ccc(Cl)cc3)s2)CC1. The highest BCUT2D eigenvalue weighted by atomic mass is 35.5. The minimum atomic E-state index is 0.0120. The highest BCUT2D eigenvalue weighted by Crippen LogP contribution is 2.28. The van der Waals surface area contributed by atoms with Crippen LogP contribution in [0.3, 0.4) is 0 Å². The molecule has 1 saturated heterocycles. The number of amides is 1. The number of nitrogens with one attached hydrogen (secondary N) is 1. The van der Waals surface area contributed by atoms with Crippen LogP contribution in [0, 0.1) is 5.92 Å². The van der Waals surface area contributed by atoms with Crippen molar-refractivity contribution in [2.45, 2.75) is 19.3 Å². The van der Waals surface area contributed by atoms with Crippen LogP contribution < -0.4 is 10.2 Å². The van der Waals surface area contributed by atoms with Gasteiger partial charge in [0.05, 0.1) is 11.9 Å². The van der Waals surface area contributed by atoms with Crippen molar-refractivity contribution in [3.8, 4) is 0 Å². The van der Waals surface area contributed by atoms with Gasteiger partial charge in [-0.3, -0.25) is 9.78 Å². The van der Waals surface area contributed by atoms with Crippen LogP contribution in [0.25, 0.3) is 0 Å². The predicted octanol–water partition coefficient (Wildman–Crippen LogP) is 4.03. The lowest BCUT2D eigenvalue weighted by Crippen LogP contribution is -2.38. The van der Waals surface area contributed by atoms with Gasteiger partial charge in [-0.15, -0.1) is 10.2 Å². The second-order valence-electron chi connectivity index (χ2n) is 6.77. The third-order valence-corrected chi connectivity index (χ3v) is 6.03. The average molecular weight is 414 g/mol. The predicted molar refractivity (Wildman–Crippen MR) is 112 cm³/mol. The Kier molecular flexibility index (Phi) is 5.83. The van der Waals surface area contributed by atoms with Gasteiger partial charge in [0.1, 0.15) is 5.01 Å². The fraction of sp³-hybridized carbons (Fsp3) is 0.300. The largest absolute Gasteiger partial charge is 0.347 e. The van der Waals surface area contributed by atoms with Gasteiger partial charge in [0.25, 0.3) is 0 Å². The summed E-state index contributed by atoms with van der Waals surface area (Å²) in [6, 6.07) is 11.5. The van der Waals surface area contributed by atoms with E-state index in [1.807, 2.05) is 36.4 Å². The molecule has 6 nitrogen and oxygen atoms in total. The first kappa shape index (κ1) is 18.8. The average Bonchev–Trinajstić information content (AvgIpc) is 3.19. The topological polar surface area (TPSA) is 71.0 Å². The zero-order valence-corrected chi connectivity index (χ0v) is 16.8. The normalized spacial score (nSPS) is 14.8. The van der Waals surface area contributed by atoms with Crippen LogP contribution in [0.2, 0.25) is 5.02 Å². The second kappa shape index (κ2) is 8.67. The van der Waals surface area contributed by atoms with Crippen molar-refractivity contribution in [3.05, 3.63) is 64.4 Å². The number of anilines is 2. The first-order valence-electron chi connectivity index (χ1n) is 9.20. The molecule has 1 aliphatic heterocycles. The van der Waals surface area contributed by atoms with Crippen LogP contribution in [-0.2, 0) is 11.2 Å². The Hall–Kier alpha value is -2.51. The molecule has 0 unspecified atom stereocenters. The summed E-state index contributed by atoms with van der Waals surface area (Å²) in [4.78, 5) is 18.7. The Morgan fingerprint density at radius 1 is 1.18 bits per heavy atom. The number of piperidine rings is 1. The highest BCUT2D eigenvalue weighted by molar-refractivity contribution is 7.15. The van der Waals surface area contributed by atoms with E-state index in [-0.39, 0.29) is 11.8 Å². The fourth-order valence-corrected chi connectivity index (χ4v) is 4.29. The maximum Gasteiger partial charge on any atom is 0.227 e. The molecule has 4 rings (SSSR count). The number of pyridine rings is 1. The summed E-state index contributed by atoms with van der Waals surface area (Å²) in [6.07, 6.45) is 5.71. The summed E-state index contributed by atoms with van der Waals surface area (Å²) >= 11 is 7.55. The molecule has 8 heteroatoms. The number of halogens is 1. The van der Waals surface area contributed by atoms with Gasteiger partial charge in [0.15, 0.2) is 0 Å². The van der Waals surface area contributed by atoms with Gasteiger partial charge in [-0.2, -0.15) is 0 Å². The quantitative estimate of drug-likeness (QED) is 0.683. The summed E-state index contributed by atoms with van der Waals surface area (Å²) in [6.45, 7) is 1.61. The summed E-state index contributed by atoms with van der Waals surface area (Å²) in [5.74, 6) is 0.0752. The third-order valence-electron chi connectivity index (χ3n) is 4.79. The number of hydrogen-bond donors (Lipinski definition) is 1. The van der Waals surface area contributed by atoms with Gasteiger partial charge >= 0.3 is 0 Å². The van der Waals surface area contributed by atoms with Crippen molar-refractivity contribution >= 4 is 39.7 Å². The van der Waals surface area contributed by atoms with E-state index in [1.54, 1.807) is 23.7 Å². The van der Waals surface area contributed by atoms with Gasteiger partial charge in [0.2, 0.25) is 11.0 Å². The standard InChI is InChI=1S/C20H20ClN5OS/c21-16-5-3-14(4-6-16)12-18-24-25-20(28-18)26-10-7-15(8-11-26)19(27)23-17-2-1-9-22-13-17/h1-6,9,13,15H,7-8,10-12H2,(H,23,27). The van der Waals surface area contributed by atoms with E-state index in [4.69, 9.17) is 11.6 Å². The molecular formula is C20H20ClN5OS. The summed E-state index contributed by atoms with van der Waals surface area (Å²) in [7, 11) is 0. The minimum absolute atomic E-state index is 0.0120. The number of nitrogens with zero attached hydrogens (tertiary/aromatic N) is 4. The minimum Gasteiger partial charge on any atom is -0.347 e. The smallest absolute Gasteiger partial charge is 0.227 e. The lowest BCUT2D eigenvalue weighted by atomic mass is 9.96. The van der Waals surface area contributed by atoms with Crippen LogP contribution >= 0.6 is 22.9 Å². The third kappa shape index (κ3) is 4.66. The van der Waals surface area contributed by atoms with E-state index in [0.717, 1.165) is 58.8 Å². The number of benzene rings is 1. The van der Waals surface area contributed by atoms with E-state index < -0.39 is 0 Å². The number of rotatable bonds is 5. The molecule has 1 aliphatic rings. The summed E-state index contributed by atoms with van der Waals surface area (Å²) in [5, 5.41) is 14.3. The molecule has 1 N–H and O–H groups in total. The van der Waals surface area contributed by atoms with Crippen molar-refractivity contribution in [2.75, 3.05) is 23.3 Å².